The lowest BCUT2D eigenvalue weighted by Crippen LogP contribution is -2.30. The number of hydrogen-bond donors (Lipinski definition) is 2. The van der Waals surface area contributed by atoms with Crippen molar-refractivity contribution in [3.8, 4) is 11.5 Å². The maximum absolute atomic E-state index is 12.0. The molecular formula is C15H15ClN2O3S. The van der Waals surface area contributed by atoms with E-state index in [0.29, 0.717) is 34.7 Å². The van der Waals surface area contributed by atoms with Gasteiger partial charge in [-0.15, -0.1) is 11.3 Å². The van der Waals surface area contributed by atoms with Crippen LogP contribution >= 0.6 is 22.9 Å². The Morgan fingerprint density at radius 2 is 2.00 bits per heavy atom. The van der Waals surface area contributed by atoms with Crippen molar-refractivity contribution in [3.05, 3.63) is 39.5 Å². The number of fused-ring (bicyclic) bond motifs is 1. The van der Waals surface area contributed by atoms with Crippen LogP contribution < -0.4 is 20.1 Å². The second-order valence-electron chi connectivity index (χ2n) is 4.82. The molecule has 22 heavy (non-hydrogen) atoms. The van der Waals surface area contributed by atoms with Gasteiger partial charge in [-0.3, -0.25) is 0 Å². The molecule has 1 aliphatic heterocycles. The van der Waals surface area contributed by atoms with Gasteiger partial charge in [-0.05, 0) is 31.2 Å². The minimum absolute atomic E-state index is 0.116. The number of ether oxygens (including phenoxy) is 2. The predicted molar refractivity (Wildman–Crippen MR) is 87.3 cm³/mol. The van der Waals surface area contributed by atoms with E-state index in [1.807, 2.05) is 19.1 Å². The molecule has 0 unspecified atom stereocenters. The number of thiophene rings is 1. The first-order chi connectivity index (χ1) is 10.6. The number of nitrogens with one attached hydrogen (secondary N) is 2. The van der Waals surface area contributed by atoms with E-state index in [-0.39, 0.29) is 12.1 Å². The first kappa shape index (κ1) is 15.0. The highest BCUT2D eigenvalue weighted by Crippen LogP contribution is 2.32. The zero-order valence-electron chi connectivity index (χ0n) is 11.9. The number of amides is 2. The number of carbonyl (C=O) groups is 1. The quantitative estimate of drug-likeness (QED) is 0.887. The summed E-state index contributed by atoms with van der Waals surface area (Å²) >= 11 is 7.35. The number of halogens is 1. The molecule has 1 atom stereocenters. The van der Waals surface area contributed by atoms with E-state index in [9.17, 15) is 4.79 Å². The molecule has 2 amide bonds. The molecule has 0 spiro atoms. The molecule has 7 heteroatoms. The maximum atomic E-state index is 12.0. The highest BCUT2D eigenvalue weighted by molar-refractivity contribution is 7.16. The molecule has 0 radical (unpaired) electrons. The van der Waals surface area contributed by atoms with Crippen molar-refractivity contribution < 1.29 is 14.3 Å². The van der Waals surface area contributed by atoms with E-state index in [2.05, 4.69) is 10.6 Å². The molecule has 2 N–H and O–H groups in total. The van der Waals surface area contributed by atoms with E-state index in [1.165, 1.54) is 11.3 Å². The molecule has 0 fully saturated rings. The number of hydrogen-bond acceptors (Lipinski definition) is 4. The normalized spacial score (nSPS) is 14.3. The number of benzene rings is 1. The van der Waals surface area contributed by atoms with Gasteiger partial charge < -0.3 is 20.1 Å². The van der Waals surface area contributed by atoms with Crippen molar-refractivity contribution in [3.63, 3.8) is 0 Å². The van der Waals surface area contributed by atoms with Gasteiger partial charge in [0.05, 0.1) is 10.4 Å². The summed E-state index contributed by atoms with van der Waals surface area (Å²) in [4.78, 5) is 13.1. The first-order valence-corrected chi connectivity index (χ1v) is 8.03. The Labute approximate surface area is 137 Å². The largest absolute Gasteiger partial charge is 0.486 e. The molecule has 0 saturated carbocycles. The van der Waals surface area contributed by atoms with Crippen molar-refractivity contribution in [2.45, 2.75) is 13.0 Å². The van der Waals surface area contributed by atoms with Gasteiger partial charge in [0.15, 0.2) is 11.5 Å². The SMILES string of the molecule is C[C@@H](NC(=O)Nc1ccc2c(c1)OCCO2)c1ccc(Cl)s1. The number of rotatable bonds is 3. The van der Waals surface area contributed by atoms with Crippen LogP contribution in [-0.4, -0.2) is 19.2 Å². The molecule has 2 aromatic rings. The molecule has 116 valence electrons. The topological polar surface area (TPSA) is 59.6 Å². The Hall–Kier alpha value is -1.92. The zero-order valence-corrected chi connectivity index (χ0v) is 13.5. The van der Waals surface area contributed by atoms with Gasteiger partial charge in [0.25, 0.3) is 0 Å². The van der Waals surface area contributed by atoms with Crippen LogP contribution in [-0.2, 0) is 0 Å². The van der Waals surface area contributed by atoms with Crippen LogP contribution in [0.3, 0.4) is 0 Å². The van der Waals surface area contributed by atoms with Crippen molar-refractivity contribution in [1.29, 1.82) is 0 Å². The lowest BCUT2D eigenvalue weighted by atomic mass is 10.2. The van der Waals surface area contributed by atoms with Gasteiger partial charge in [-0.1, -0.05) is 11.6 Å². The van der Waals surface area contributed by atoms with E-state index < -0.39 is 0 Å². The zero-order chi connectivity index (χ0) is 15.5. The summed E-state index contributed by atoms with van der Waals surface area (Å²) in [7, 11) is 0. The maximum Gasteiger partial charge on any atom is 0.319 e. The molecule has 0 bridgehead atoms. The minimum Gasteiger partial charge on any atom is -0.486 e. The molecule has 1 aliphatic rings. The molecule has 1 aromatic carbocycles. The average molecular weight is 339 g/mol. The molecular weight excluding hydrogens is 324 g/mol. The number of urea groups is 1. The van der Waals surface area contributed by atoms with Crippen molar-refractivity contribution >= 4 is 34.7 Å². The first-order valence-electron chi connectivity index (χ1n) is 6.84. The molecule has 0 aliphatic carbocycles. The van der Waals surface area contributed by atoms with Crippen LogP contribution in [0.1, 0.15) is 17.8 Å². The highest BCUT2D eigenvalue weighted by Gasteiger charge is 2.14. The van der Waals surface area contributed by atoms with Gasteiger partial charge in [-0.25, -0.2) is 4.79 Å². The minimum atomic E-state index is -0.284. The van der Waals surface area contributed by atoms with Gasteiger partial charge in [0, 0.05) is 16.6 Å². The van der Waals surface area contributed by atoms with E-state index >= 15 is 0 Å². The summed E-state index contributed by atoms with van der Waals surface area (Å²) in [5.41, 5.74) is 0.651. The highest BCUT2D eigenvalue weighted by atomic mass is 35.5. The third-order valence-electron chi connectivity index (χ3n) is 3.17. The second-order valence-corrected chi connectivity index (χ2v) is 6.57. The summed E-state index contributed by atoms with van der Waals surface area (Å²) < 4.78 is 11.6. The summed E-state index contributed by atoms with van der Waals surface area (Å²) in [6.07, 6.45) is 0. The Morgan fingerprint density at radius 1 is 1.23 bits per heavy atom. The van der Waals surface area contributed by atoms with Crippen LogP contribution in [0, 0.1) is 0 Å². The van der Waals surface area contributed by atoms with Crippen molar-refractivity contribution in [2.24, 2.45) is 0 Å². The Balaban J connectivity index is 1.62. The number of carbonyl (C=O) groups excluding carboxylic acids is 1. The fourth-order valence-corrected chi connectivity index (χ4v) is 3.18. The molecule has 1 aromatic heterocycles. The van der Waals surface area contributed by atoms with E-state index in [0.717, 1.165) is 4.88 Å². The van der Waals surface area contributed by atoms with Gasteiger partial charge in [0.2, 0.25) is 0 Å². The number of anilines is 1. The summed E-state index contributed by atoms with van der Waals surface area (Å²) in [6, 6.07) is 8.64. The third-order valence-corrected chi connectivity index (χ3v) is 4.58. The fraction of sp³-hybridized carbons (Fsp3) is 0.267. The molecule has 5 nitrogen and oxygen atoms in total. The van der Waals surface area contributed by atoms with Crippen molar-refractivity contribution in [1.82, 2.24) is 5.32 Å². The third kappa shape index (κ3) is 3.45. The van der Waals surface area contributed by atoms with Crippen LogP contribution in [0.2, 0.25) is 4.34 Å². The van der Waals surface area contributed by atoms with Gasteiger partial charge >= 0.3 is 6.03 Å². The second kappa shape index (κ2) is 6.46. The van der Waals surface area contributed by atoms with E-state index in [4.69, 9.17) is 21.1 Å². The molecule has 3 rings (SSSR count). The Bertz CT molecular complexity index is 689. The summed E-state index contributed by atoms with van der Waals surface area (Å²) in [6.45, 7) is 2.96. The lowest BCUT2D eigenvalue weighted by Gasteiger charge is -2.19. The van der Waals surface area contributed by atoms with Gasteiger partial charge in [-0.2, -0.15) is 0 Å². The summed E-state index contributed by atoms with van der Waals surface area (Å²) in [5, 5.41) is 5.65. The Morgan fingerprint density at radius 3 is 2.73 bits per heavy atom. The lowest BCUT2D eigenvalue weighted by molar-refractivity contribution is 0.171. The molecule has 0 saturated heterocycles. The van der Waals surface area contributed by atoms with Crippen LogP contribution in [0.25, 0.3) is 0 Å². The van der Waals surface area contributed by atoms with Crippen LogP contribution in [0.4, 0.5) is 10.5 Å². The Kier molecular flexibility index (Phi) is 4.40. The van der Waals surface area contributed by atoms with E-state index in [1.54, 1.807) is 18.2 Å². The smallest absolute Gasteiger partial charge is 0.319 e. The summed E-state index contributed by atoms with van der Waals surface area (Å²) in [5.74, 6) is 1.33. The van der Waals surface area contributed by atoms with Crippen molar-refractivity contribution in [2.75, 3.05) is 18.5 Å². The van der Waals surface area contributed by atoms with Gasteiger partial charge in [0.1, 0.15) is 13.2 Å². The van der Waals surface area contributed by atoms with Crippen LogP contribution in [0.5, 0.6) is 11.5 Å². The average Bonchev–Trinajstić information content (AvgIpc) is 2.94. The van der Waals surface area contributed by atoms with Crippen LogP contribution in [0.15, 0.2) is 30.3 Å². The standard InChI is InChI=1S/C15H15ClN2O3S/c1-9(13-4-5-14(16)22-13)17-15(19)18-10-2-3-11-12(8-10)21-7-6-20-11/h2-5,8-9H,6-7H2,1H3,(H2,17,18,19)/t9-/m1/s1. The fourth-order valence-electron chi connectivity index (χ4n) is 2.12. The molecule has 2 heterocycles. The monoisotopic (exact) mass is 338 g/mol. The predicted octanol–water partition coefficient (Wildman–Crippen LogP) is 4.06.